The minimum absolute atomic E-state index is 0.855. The Kier molecular flexibility index (Phi) is 5.16. The van der Waals surface area contributed by atoms with E-state index in [0.29, 0.717) is 0 Å². The highest BCUT2D eigenvalue weighted by Gasteiger charge is 1.93. The number of nitrogens with two attached hydrogens (primary N) is 1. The highest BCUT2D eigenvalue weighted by atomic mass is 32.2. The molecule has 0 atom stereocenters. The molecular weight excluding hydrogens is 198 g/mol. The van der Waals surface area contributed by atoms with Crippen molar-refractivity contribution in [2.75, 3.05) is 23.0 Å². The summed E-state index contributed by atoms with van der Waals surface area (Å²) in [5.74, 6) is 3.59. The topological polar surface area (TPSA) is 26.0 Å². The van der Waals surface area contributed by atoms with Gasteiger partial charge in [-0.15, -0.1) is 11.8 Å². The van der Waals surface area contributed by atoms with E-state index in [9.17, 15) is 0 Å². The van der Waals surface area contributed by atoms with Gasteiger partial charge in [-0.3, -0.25) is 0 Å². The average molecular weight is 213 g/mol. The molecule has 0 bridgehead atoms. The van der Waals surface area contributed by atoms with E-state index >= 15 is 0 Å². The number of thioether (sulfide) groups is 2. The predicted octanol–water partition coefficient (Wildman–Crippen LogP) is 3.11. The lowest BCUT2D eigenvalue weighted by Gasteiger charge is -2.01. The quantitative estimate of drug-likeness (QED) is 0.462. The van der Waals surface area contributed by atoms with Crippen molar-refractivity contribution in [2.45, 2.75) is 11.8 Å². The van der Waals surface area contributed by atoms with Gasteiger partial charge in [0.2, 0.25) is 0 Å². The van der Waals surface area contributed by atoms with Crippen LogP contribution in [0.4, 0.5) is 5.69 Å². The van der Waals surface area contributed by atoms with Crippen LogP contribution in [0, 0.1) is 0 Å². The first kappa shape index (κ1) is 10.8. The molecule has 0 aliphatic rings. The summed E-state index contributed by atoms with van der Waals surface area (Å²) >= 11 is 3.85. The van der Waals surface area contributed by atoms with Crippen molar-refractivity contribution in [2.24, 2.45) is 0 Å². The van der Waals surface area contributed by atoms with Crippen molar-refractivity contribution in [1.29, 1.82) is 0 Å². The first-order valence-corrected chi connectivity index (χ1v) is 6.53. The fourth-order valence-corrected chi connectivity index (χ4v) is 2.69. The van der Waals surface area contributed by atoms with E-state index in [0.717, 1.165) is 5.69 Å². The molecule has 0 saturated heterocycles. The van der Waals surface area contributed by atoms with Gasteiger partial charge in [0.25, 0.3) is 0 Å². The normalized spacial score (nSPS) is 10.2. The molecule has 0 aliphatic carbocycles. The van der Waals surface area contributed by atoms with Crippen LogP contribution in [0.25, 0.3) is 0 Å². The summed E-state index contributed by atoms with van der Waals surface area (Å²) in [5.41, 5.74) is 6.53. The zero-order valence-corrected chi connectivity index (χ0v) is 9.46. The Bertz CT molecular complexity index is 250. The lowest BCUT2D eigenvalue weighted by atomic mass is 10.3. The molecule has 1 aromatic rings. The van der Waals surface area contributed by atoms with E-state index in [1.54, 1.807) is 0 Å². The largest absolute Gasteiger partial charge is 0.399 e. The van der Waals surface area contributed by atoms with Crippen LogP contribution in [0.15, 0.2) is 29.2 Å². The first-order valence-electron chi connectivity index (χ1n) is 4.39. The highest BCUT2D eigenvalue weighted by Crippen LogP contribution is 2.20. The maximum absolute atomic E-state index is 5.67. The van der Waals surface area contributed by atoms with Crippen LogP contribution in [-0.2, 0) is 0 Å². The van der Waals surface area contributed by atoms with Crippen LogP contribution in [0.2, 0.25) is 0 Å². The molecule has 0 fully saturated rings. The molecule has 1 nitrogen and oxygen atoms in total. The third-order valence-electron chi connectivity index (χ3n) is 1.56. The summed E-state index contributed by atoms with van der Waals surface area (Å²) in [4.78, 5) is 1.27. The molecule has 0 amide bonds. The van der Waals surface area contributed by atoms with Crippen molar-refractivity contribution in [1.82, 2.24) is 0 Å². The highest BCUT2D eigenvalue weighted by molar-refractivity contribution is 8.02. The van der Waals surface area contributed by atoms with Crippen LogP contribution in [0.1, 0.15) is 6.92 Å². The molecule has 0 heterocycles. The maximum atomic E-state index is 5.67. The number of anilines is 1. The molecule has 1 aromatic carbocycles. The SMILES string of the molecule is CCSCCSc1cccc(N)c1. The molecule has 13 heavy (non-hydrogen) atoms. The van der Waals surface area contributed by atoms with Gasteiger partial charge in [-0.05, 0) is 24.0 Å². The summed E-state index contributed by atoms with van der Waals surface area (Å²) in [5, 5.41) is 0. The van der Waals surface area contributed by atoms with Crippen molar-refractivity contribution >= 4 is 29.2 Å². The summed E-state index contributed by atoms with van der Waals surface area (Å²) in [6.45, 7) is 2.19. The van der Waals surface area contributed by atoms with Gasteiger partial charge in [0.15, 0.2) is 0 Å². The molecular formula is C10H15NS2. The van der Waals surface area contributed by atoms with Crippen molar-refractivity contribution in [3.8, 4) is 0 Å². The van der Waals surface area contributed by atoms with Gasteiger partial charge >= 0.3 is 0 Å². The molecule has 0 saturated carbocycles. The Morgan fingerprint density at radius 3 is 2.85 bits per heavy atom. The summed E-state index contributed by atoms with van der Waals surface area (Å²) in [7, 11) is 0. The smallest absolute Gasteiger partial charge is 0.0325 e. The minimum atomic E-state index is 0.855. The summed E-state index contributed by atoms with van der Waals surface area (Å²) in [6, 6.07) is 8.06. The predicted molar refractivity (Wildman–Crippen MR) is 64.6 cm³/mol. The maximum Gasteiger partial charge on any atom is 0.0325 e. The fraction of sp³-hybridized carbons (Fsp3) is 0.400. The van der Waals surface area contributed by atoms with Crippen molar-refractivity contribution in [3.05, 3.63) is 24.3 Å². The van der Waals surface area contributed by atoms with Gasteiger partial charge in [-0.2, -0.15) is 11.8 Å². The number of hydrogen-bond acceptors (Lipinski definition) is 3. The lowest BCUT2D eigenvalue weighted by molar-refractivity contribution is 1.43. The van der Waals surface area contributed by atoms with E-state index in [1.165, 1.54) is 22.2 Å². The molecule has 72 valence electrons. The monoisotopic (exact) mass is 213 g/mol. The van der Waals surface area contributed by atoms with Crippen LogP contribution in [0.3, 0.4) is 0 Å². The molecule has 0 aliphatic heterocycles. The van der Waals surface area contributed by atoms with Crippen LogP contribution in [-0.4, -0.2) is 17.3 Å². The average Bonchev–Trinajstić information content (AvgIpc) is 2.13. The molecule has 0 aromatic heterocycles. The number of nitrogen functional groups attached to an aromatic ring is 1. The van der Waals surface area contributed by atoms with E-state index in [1.807, 2.05) is 41.7 Å². The number of hydrogen-bond donors (Lipinski definition) is 1. The van der Waals surface area contributed by atoms with Gasteiger partial charge in [-0.1, -0.05) is 13.0 Å². The Morgan fingerprint density at radius 1 is 1.31 bits per heavy atom. The zero-order chi connectivity index (χ0) is 9.52. The second kappa shape index (κ2) is 6.22. The standard InChI is InChI=1S/C10H15NS2/c1-2-12-6-7-13-10-5-3-4-9(11)8-10/h3-5,8H,2,6-7,11H2,1H3. The second-order valence-corrected chi connectivity index (χ2v) is 5.18. The van der Waals surface area contributed by atoms with Crippen molar-refractivity contribution < 1.29 is 0 Å². The van der Waals surface area contributed by atoms with Crippen LogP contribution >= 0.6 is 23.5 Å². The number of benzene rings is 1. The molecule has 1 rings (SSSR count). The molecule has 2 N–H and O–H groups in total. The Balaban J connectivity index is 2.28. The molecule has 0 unspecified atom stereocenters. The van der Waals surface area contributed by atoms with Crippen LogP contribution < -0.4 is 5.73 Å². The Morgan fingerprint density at radius 2 is 2.15 bits per heavy atom. The van der Waals surface area contributed by atoms with E-state index < -0.39 is 0 Å². The minimum Gasteiger partial charge on any atom is -0.399 e. The van der Waals surface area contributed by atoms with Crippen molar-refractivity contribution in [3.63, 3.8) is 0 Å². The molecule has 0 radical (unpaired) electrons. The van der Waals surface area contributed by atoms with Gasteiger partial charge in [0.05, 0.1) is 0 Å². The van der Waals surface area contributed by atoms with Crippen LogP contribution in [0.5, 0.6) is 0 Å². The Labute approximate surface area is 88.5 Å². The second-order valence-electron chi connectivity index (χ2n) is 2.62. The fourth-order valence-electron chi connectivity index (χ4n) is 0.967. The summed E-state index contributed by atoms with van der Waals surface area (Å²) < 4.78 is 0. The lowest BCUT2D eigenvalue weighted by Crippen LogP contribution is -1.86. The third-order valence-corrected chi connectivity index (χ3v) is 3.71. The third kappa shape index (κ3) is 4.48. The van der Waals surface area contributed by atoms with Gasteiger partial charge < -0.3 is 5.73 Å². The van der Waals surface area contributed by atoms with Gasteiger partial charge in [-0.25, -0.2) is 0 Å². The first-order chi connectivity index (χ1) is 6.33. The van der Waals surface area contributed by atoms with E-state index in [-0.39, 0.29) is 0 Å². The Hall–Kier alpha value is -0.280. The van der Waals surface area contributed by atoms with Gasteiger partial charge in [0.1, 0.15) is 0 Å². The van der Waals surface area contributed by atoms with Gasteiger partial charge in [0, 0.05) is 22.1 Å². The molecule has 0 spiro atoms. The van der Waals surface area contributed by atoms with E-state index in [4.69, 9.17) is 5.73 Å². The number of rotatable bonds is 5. The summed E-state index contributed by atoms with van der Waals surface area (Å²) in [6.07, 6.45) is 0. The molecule has 3 heteroatoms. The zero-order valence-electron chi connectivity index (χ0n) is 7.82. The van der Waals surface area contributed by atoms with E-state index in [2.05, 4.69) is 13.0 Å².